The fourth-order valence-electron chi connectivity index (χ4n) is 3.85. The summed E-state index contributed by atoms with van der Waals surface area (Å²) in [5.74, 6) is 0.653. The molecule has 126 valence electrons. The number of halogens is 1. The third kappa shape index (κ3) is 3.82. The summed E-state index contributed by atoms with van der Waals surface area (Å²) in [7, 11) is 0. The summed E-state index contributed by atoms with van der Waals surface area (Å²) in [4.78, 5) is 14.0. The quantitative estimate of drug-likeness (QED) is 0.702. The second kappa shape index (κ2) is 6.01. The zero-order valence-corrected chi connectivity index (χ0v) is 15.0. The Hall–Kier alpha value is -1.22. The van der Waals surface area contributed by atoms with Crippen LogP contribution in [0, 0.1) is 5.41 Å². The van der Waals surface area contributed by atoms with Gasteiger partial charge in [0, 0.05) is 18.1 Å². The van der Waals surface area contributed by atoms with Crippen LogP contribution in [0.15, 0.2) is 24.3 Å². The minimum atomic E-state index is -0.414. The van der Waals surface area contributed by atoms with Crippen molar-refractivity contribution in [3.63, 3.8) is 0 Å². The molecule has 3 rings (SSSR count). The molecule has 0 aromatic heterocycles. The second-order valence-electron chi connectivity index (χ2n) is 8.12. The summed E-state index contributed by atoms with van der Waals surface area (Å²) in [6.07, 6.45) is 4.49. The van der Waals surface area contributed by atoms with Gasteiger partial charge in [-0.25, -0.2) is 4.79 Å². The highest BCUT2D eigenvalue weighted by Crippen LogP contribution is 2.56. The van der Waals surface area contributed by atoms with Crippen molar-refractivity contribution in [2.75, 3.05) is 13.1 Å². The molecular weight excluding hydrogens is 310 g/mol. The van der Waals surface area contributed by atoms with Crippen LogP contribution in [0.3, 0.4) is 0 Å². The highest BCUT2D eigenvalue weighted by Gasteiger charge is 2.46. The minimum absolute atomic E-state index is 0.166. The summed E-state index contributed by atoms with van der Waals surface area (Å²) in [6, 6.07) is 8.26. The lowest BCUT2D eigenvalue weighted by atomic mass is 9.56. The van der Waals surface area contributed by atoms with Crippen LogP contribution in [0.5, 0.6) is 0 Å². The fraction of sp³-hybridized carbons (Fsp3) is 0.632. The molecule has 2 aliphatic rings. The maximum Gasteiger partial charge on any atom is 0.410 e. The van der Waals surface area contributed by atoms with Gasteiger partial charge in [-0.2, -0.15) is 0 Å². The molecule has 0 bridgehead atoms. The van der Waals surface area contributed by atoms with Gasteiger partial charge in [-0.3, -0.25) is 0 Å². The highest BCUT2D eigenvalue weighted by molar-refractivity contribution is 6.30. The predicted octanol–water partition coefficient (Wildman–Crippen LogP) is 5.23. The molecule has 23 heavy (non-hydrogen) atoms. The van der Waals surface area contributed by atoms with E-state index in [2.05, 4.69) is 12.1 Å². The van der Waals surface area contributed by atoms with Gasteiger partial charge < -0.3 is 9.64 Å². The highest BCUT2D eigenvalue weighted by atomic mass is 35.5. The lowest BCUT2D eigenvalue weighted by Gasteiger charge is -2.52. The summed E-state index contributed by atoms with van der Waals surface area (Å²) in [5, 5.41) is 0.799. The lowest BCUT2D eigenvalue weighted by molar-refractivity contribution is -0.0121. The Morgan fingerprint density at radius 2 is 1.74 bits per heavy atom. The van der Waals surface area contributed by atoms with Crippen molar-refractivity contribution < 1.29 is 9.53 Å². The van der Waals surface area contributed by atoms with E-state index in [1.54, 1.807) is 0 Å². The maximum absolute atomic E-state index is 12.1. The first-order valence-electron chi connectivity index (χ1n) is 8.50. The summed E-state index contributed by atoms with van der Waals surface area (Å²) >= 11 is 5.96. The van der Waals surface area contributed by atoms with E-state index in [1.807, 2.05) is 37.8 Å². The third-order valence-corrected chi connectivity index (χ3v) is 5.43. The van der Waals surface area contributed by atoms with Crippen LogP contribution in [-0.4, -0.2) is 29.7 Å². The van der Waals surface area contributed by atoms with Gasteiger partial charge in [0.15, 0.2) is 0 Å². The number of hydrogen-bond donors (Lipinski definition) is 0. The number of benzene rings is 1. The van der Waals surface area contributed by atoms with Crippen LogP contribution in [0.2, 0.25) is 5.02 Å². The first-order valence-corrected chi connectivity index (χ1v) is 8.88. The van der Waals surface area contributed by atoms with Crippen molar-refractivity contribution >= 4 is 17.7 Å². The number of likely N-dealkylation sites (tertiary alicyclic amines) is 1. The number of piperidine rings is 1. The molecule has 0 unspecified atom stereocenters. The zero-order valence-electron chi connectivity index (χ0n) is 14.3. The molecule has 1 heterocycles. The number of carbonyl (C=O) groups is 1. The van der Waals surface area contributed by atoms with Crippen LogP contribution in [0.1, 0.15) is 57.9 Å². The van der Waals surface area contributed by atoms with Gasteiger partial charge in [-0.15, -0.1) is 0 Å². The Labute approximate surface area is 144 Å². The normalized spacial score (nSPS) is 21.1. The minimum Gasteiger partial charge on any atom is -0.444 e. The Morgan fingerprint density at radius 1 is 1.17 bits per heavy atom. The van der Waals surface area contributed by atoms with E-state index < -0.39 is 5.60 Å². The second-order valence-corrected chi connectivity index (χ2v) is 8.56. The van der Waals surface area contributed by atoms with Gasteiger partial charge in [-0.05, 0) is 75.5 Å². The van der Waals surface area contributed by atoms with E-state index in [4.69, 9.17) is 16.3 Å². The standard InChI is InChI=1S/C19H26ClNO2/c1-18(2,3)23-17(22)21-10-8-19(9-11-21)12-15(13-19)14-4-6-16(20)7-5-14/h4-7,15H,8-13H2,1-3H3. The Balaban J connectivity index is 1.50. The topological polar surface area (TPSA) is 29.5 Å². The number of hydrogen-bond acceptors (Lipinski definition) is 2. The average Bonchev–Trinajstić information content (AvgIpc) is 2.44. The van der Waals surface area contributed by atoms with E-state index in [-0.39, 0.29) is 6.09 Å². The Bertz CT molecular complexity index is 560. The summed E-state index contributed by atoms with van der Waals surface area (Å²) in [5.41, 5.74) is 1.42. The van der Waals surface area contributed by atoms with E-state index in [0.29, 0.717) is 11.3 Å². The van der Waals surface area contributed by atoms with Gasteiger partial charge in [0.2, 0.25) is 0 Å². The molecule has 1 aliphatic carbocycles. The zero-order chi connectivity index (χ0) is 16.7. The summed E-state index contributed by atoms with van der Waals surface area (Å²) < 4.78 is 5.47. The lowest BCUT2D eigenvalue weighted by Crippen LogP contribution is -2.49. The first kappa shape index (κ1) is 16.6. The predicted molar refractivity (Wildman–Crippen MR) is 92.9 cm³/mol. The van der Waals surface area contributed by atoms with Gasteiger partial charge in [0.25, 0.3) is 0 Å². The van der Waals surface area contributed by atoms with Crippen LogP contribution < -0.4 is 0 Å². The van der Waals surface area contributed by atoms with E-state index >= 15 is 0 Å². The van der Waals surface area contributed by atoms with Gasteiger partial charge in [0.05, 0.1) is 0 Å². The summed E-state index contributed by atoms with van der Waals surface area (Å²) in [6.45, 7) is 7.39. The molecule has 1 amide bonds. The van der Waals surface area contributed by atoms with Crippen molar-refractivity contribution in [1.29, 1.82) is 0 Å². The molecule has 4 heteroatoms. The van der Waals surface area contributed by atoms with Crippen molar-refractivity contribution in [3.8, 4) is 0 Å². The number of carbonyl (C=O) groups excluding carboxylic acids is 1. The van der Waals surface area contributed by atoms with E-state index in [9.17, 15) is 4.79 Å². The third-order valence-electron chi connectivity index (χ3n) is 5.18. The molecule has 1 spiro atoms. The fourth-order valence-corrected chi connectivity index (χ4v) is 3.98. The molecule has 0 radical (unpaired) electrons. The molecule has 1 saturated carbocycles. The number of amides is 1. The van der Waals surface area contributed by atoms with Crippen LogP contribution in [0.25, 0.3) is 0 Å². The van der Waals surface area contributed by atoms with E-state index in [1.165, 1.54) is 18.4 Å². The molecule has 2 fully saturated rings. The molecule has 3 nitrogen and oxygen atoms in total. The SMILES string of the molecule is CC(C)(C)OC(=O)N1CCC2(CC1)CC(c1ccc(Cl)cc1)C2. The molecule has 1 aromatic rings. The Morgan fingerprint density at radius 3 is 2.26 bits per heavy atom. The molecule has 0 atom stereocenters. The largest absolute Gasteiger partial charge is 0.444 e. The molecule has 0 N–H and O–H groups in total. The smallest absolute Gasteiger partial charge is 0.410 e. The monoisotopic (exact) mass is 335 g/mol. The number of nitrogens with zero attached hydrogens (tertiary/aromatic N) is 1. The first-order chi connectivity index (χ1) is 10.8. The number of ether oxygens (including phenoxy) is 1. The van der Waals surface area contributed by atoms with Crippen LogP contribution in [0.4, 0.5) is 4.79 Å². The van der Waals surface area contributed by atoms with Crippen molar-refractivity contribution in [3.05, 3.63) is 34.9 Å². The average molecular weight is 336 g/mol. The van der Waals surface area contributed by atoms with Crippen molar-refractivity contribution in [2.45, 2.75) is 58.0 Å². The van der Waals surface area contributed by atoms with Crippen molar-refractivity contribution in [1.82, 2.24) is 4.90 Å². The van der Waals surface area contributed by atoms with Crippen LogP contribution in [-0.2, 0) is 4.74 Å². The molecular formula is C19H26ClNO2. The van der Waals surface area contributed by atoms with Gasteiger partial charge in [0.1, 0.15) is 5.60 Å². The van der Waals surface area contributed by atoms with Crippen molar-refractivity contribution in [2.24, 2.45) is 5.41 Å². The van der Waals surface area contributed by atoms with E-state index in [0.717, 1.165) is 31.0 Å². The molecule has 1 aromatic carbocycles. The maximum atomic E-state index is 12.1. The van der Waals surface area contributed by atoms with Crippen LogP contribution >= 0.6 is 11.6 Å². The Kier molecular flexibility index (Phi) is 4.35. The number of rotatable bonds is 1. The molecule has 1 aliphatic heterocycles. The van der Waals surface area contributed by atoms with Gasteiger partial charge in [-0.1, -0.05) is 23.7 Å². The van der Waals surface area contributed by atoms with Gasteiger partial charge >= 0.3 is 6.09 Å². The molecule has 1 saturated heterocycles.